The lowest BCUT2D eigenvalue weighted by Crippen LogP contribution is -2.17. The Morgan fingerprint density at radius 2 is 1.80 bits per heavy atom. The maximum Gasteiger partial charge on any atom is 0.251 e. The highest BCUT2D eigenvalue weighted by atomic mass is 32.1. The van der Waals surface area contributed by atoms with Gasteiger partial charge in [-0.05, 0) is 35.2 Å². The Kier molecular flexibility index (Phi) is 4.04. The number of fused-ring (bicyclic) bond motifs is 3. The van der Waals surface area contributed by atoms with Gasteiger partial charge >= 0.3 is 0 Å². The molecule has 0 aliphatic rings. The molecule has 4 heteroatoms. The summed E-state index contributed by atoms with van der Waals surface area (Å²) in [5.74, 6) is -0.0754. The molecule has 0 unspecified atom stereocenters. The Morgan fingerprint density at radius 3 is 2.60 bits per heavy atom. The van der Waals surface area contributed by atoms with Crippen molar-refractivity contribution in [2.45, 2.75) is 0 Å². The average Bonchev–Trinajstić information content (AvgIpc) is 3.10. The third kappa shape index (κ3) is 3.04. The largest absolute Gasteiger partial charge is 0.355 e. The van der Waals surface area contributed by atoms with Crippen molar-refractivity contribution >= 4 is 50.4 Å². The number of carbonyl (C=O) groups is 1. The number of aromatic nitrogens is 1. The van der Waals surface area contributed by atoms with Gasteiger partial charge in [0.1, 0.15) is 5.01 Å². The van der Waals surface area contributed by atoms with Gasteiger partial charge in [-0.25, -0.2) is 4.98 Å². The average molecular weight is 344 g/mol. The van der Waals surface area contributed by atoms with E-state index in [9.17, 15) is 4.79 Å². The second-order valence-corrected chi connectivity index (χ2v) is 6.78. The minimum absolute atomic E-state index is 0.0754. The van der Waals surface area contributed by atoms with E-state index in [1.807, 2.05) is 48.6 Å². The number of benzene rings is 3. The summed E-state index contributed by atoms with van der Waals surface area (Å²) in [5.41, 5.74) is 2.75. The molecule has 1 heterocycles. The summed E-state index contributed by atoms with van der Waals surface area (Å²) in [6.45, 7) is 0. The second kappa shape index (κ2) is 6.49. The fourth-order valence-electron chi connectivity index (χ4n) is 2.81. The quantitative estimate of drug-likeness (QED) is 0.569. The molecule has 3 aromatic carbocycles. The third-order valence-corrected chi connectivity index (χ3v) is 5.10. The molecule has 3 nitrogen and oxygen atoms in total. The van der Waals surface area contributed by atoms with Crippen LogP contribution < -0.4 is 5.32 Å². The summed E-state index contributed by atoms with van der Waals surface area (Å²) < 4.78 is 1.19. The zero-order valence-corrected chi connectivity index (χ0v) is 14.5. The van der Waals surface area contributed by atoms with Crippen LogP contribution in [0.1, 0.15) is 20.9 Å². The predicted molar refractivity (Wildman–Crippen MR) is 106 cm³/mol. The van der Waals surface area contributed by atoms with Gasteiger partial charge in [0.05, 0.1) is 10.2 Å². The molecule has 1 aromatic heterocycles. The molecule has 0 saturated carbocycles. The van der Waals surface area contributed by atoms with Crippen molar-refractivity contribution in [3.05, 3.63) is 76.8 Å². The van der Waals surface area contributed by atoms with Crippen LogP contribution in [0.2, 0.25) is 0 Å². The topological polar surface area (TPSA) is 42.0 Å². The van der Waals surface area contributed by atoms with Crippen molar-refractivity contribution in [2.24, 2.45) is 0 Å². The van der Waals surface area contributed by atoms with Gasteiger partial charge in [-0.2, -0.15) is 0 Å². The molecule has 0 bridgehead atoms. The molecule has 25 heavy (non-hydrogen) atoms. The van der Waals surface area contributed by atoms with E-state index in [-0.39, 0.29) is 5.91 Å². The Hall–Kier alpha value is -2.98. The van der Waals surface area contributed by atoms with Gasteiger partial charge < -0.3 is 5.32 Å². The van der Waals surface area contributed by atoms with E-state index in [2.05, 4.69) is 29.6 Å². The predicted octanol–water partition coefficient (Wildman–Crippen LogP) is 4.98. The van der Waals surface area contributed by atoms with Crippen LogP contribution in [0.3, 0.4) is 0 Å². The SMILES string of the molecule is CNC(=O)c1ccc(/C=C/c2nc3c(ccc4ccccc43)s2)cc1. The number of rotatable bonds is 3. The molecule has 0 aliphatic heterocycles. The van der Waals surface area contributed by atoms with Crippen LogP contribution in [0.15, 0.2) is 60.7 Å². The zero-order chi connectivity index (χ0) is 17.2. The van der Waals surface area contributed by atoms with Gasteiger partial charge in [0.15, 0.2) is 0 Å². The summed E-state index contributed by atoms with van der Waals surface area (Å²) in [5, 5.41) is 5.99. The highest BCUT2D eigenvalue weighted by molar-refractivity contribution is 7.19. The molecule has 0 radical (unpaired) electrons. The minimum atomic E-state index is -0.0754. The van der Waals surface area contributed by atoms with Crippen LogP contribution in [0, 0.1) is 0 Å². The van der Waals surface area contributed by atoms with E-state index in [0.717, 1.165) is 16.1 Å². The molecule has 4 aromatic rings. The maximum atomic E-state index is 11.6. The van der Waals surface area contributed by atoms with E-state index in [4.69, 9.17) is 4.98 Å². The number of hydrogen-bond acceptors (Lipinski definition) is 3. The monoisotopic (exact) mass is 344 g/mol. The zero-order valence-electron chi connectivity index (χ0n) is 13.7. The van der Waals surface area contributed by atoms with Crippen LogP contribution in [-0.4, -0.2) is 17.9 Å². The maximum absolute atomic E-state index is 11.6. The Labute approximate surface area is 149 Å². The van der Waals surface area contributed by atoms with Crippen molar-refractivity contribution in [1.82, 2.24) is 10.3 Å². The number of thiazole rings is 1. The smallest absolute Gasteiger partial charge is 0.251 e. The Bertz CT molecular complexity index is 1090. The van der Waals surface area contributed by atoms with Gasteiger partial charge in [-0.15, -0.1) is 11.3 Å². The summed E-state index contributed by atoms with van der Waals surface area (Å²) in [6, 6.07) is 20.1. The van der Waals surface area contributed by atoms with Crippen LogP contribution in [0.25, 0.3) is 33.1 Å². The van der Waals surface area contributed by atoms with Crippen LogP contribution >= 0.6 is 11.3 Å². The lowest BCUT2D eigenvalue weighted by atomic mass is 10.1. The molecule has 0 saturated heterocycles. The van der Waals surface area contributed by atoms with Gasteiger partial charge in [0, 0.05) is 18.0 Å². The fraction of sp³-hybridized carbons (Fsp3) is 0.0476. The van der Waals surface area contributed by atoms with Crippen LogP contribution in [-0.2, 0) is 0 Å². The van der Waals surface area contributed by atoms with Crippen molar-refractivity contribution in [1.29, 1.82) is 0 Å². The molecule has 122 valence electrons. The fourth-order valence-corrected chi connectivity index (χ4v) is 3.69. The summed E-state index contributed by atoms with van der Waals surface area (Å²) in [4.78, 5) is 16.4. The number of nitrogens with one attached hydrogen (secondary N) is 1. The molecule has 0 aliphatic carbocycles. The lowest BCUT2D eigenvalue weighted by molar-refractivity contribution is 0.0963. The highest BCUT2D eigenvalue weighted by Gasteiger charge is 2.06. The Morgan fingerprint density at radius 1 is 1.00 bits per heavy atom. The number of nitrogens with zero attached hydrogens (tertiary/aromatic N) is 1. The molecule has 0 atom stereocenters. The summed E-state index contributed by atoms with van der Waals surface area (Å²) in [6.07, 6.45) is 4.04. The van der Waals surface area contributed by atoms with Gasteiger partial charge in [0.25, 0.3) is 5.91 Å². The molecule has 0 fully saturated rings. The summed E-state index contributed by atoms with van der Waals surface area (Å²) in [7, 11) is 1.63. The minimum Gasteiger partial charge on any atom is -0.355 e. The first-order valence-corrected chi connectivity index (χ1v) is 8.85. The second-order valence-electron chi connectivity index (χ2n) is 5.72. The van der Waals surface area contributed by atoms with E-state index >= 15 is 0 Å². The first-order valence-electron chi connectivity index (χ1n) is 8.03. The van der Waals surface area contributed by atoms with E-state index in [1.165, 1.54) is 15.5 Å². The van der Waals surface area contributed by atoms with Crippen molar-refractivity contribution < 1.29 is 4.79 Å². The van der Waals surface area contributed by atoms with E-state index in [0.29, 0.717) is 5.56 Å². The van der Waals surface area contributed by atoms with Crippen molar-refractivity contribution in [2.75, 3.05) is 7.05 Å². The molecule has 0 spiro atoms. The van der Waals surface area contributed by atoms with E-state index in [1.54, 1.807) is 18.4 Å². The van der Waals surface area contributed by atoms with Crippen molar-refractivity contribution in [3.63, 3.8) is 0 Å². The highest BCUT2D eigenvalue weighted by Crippen LogP contribution is 2.30. The number of hydrogen-bond donors (Lipinski definition) is 1. The molecular weight excluding hydrogens is 328 g/mol. The van der Waals surface area contributed by atoms with Gasteiger partial charge in [-0.3, -0.25) is 4.79 Å². The molecule has 4 rings (SSSR count). The normalized spacial score (nSPS) is 11.4. The standard InChI is InChI=1S/C21H16N2OS/c1-22-21(24)16-9-6-14(7-10-16)8-13-19-23-20-17-5-3-2-4-15(17)11-12-18(20)25-19/h2-13H,1H3,(H,22,24)/b13-8+. The number of amides is 1. The number of carbonyl (C=O) groups excluding carboxylic acids is 1. The molecular formula is C21H16N2OS. The first-order chi connectivity index (χ1) is 12.2. The van der Waals surface area contributed by atoms with E-state index < -0.39 is 0 Å². The van der Waals surface area contributed by atoms with Crippen molar-refractivity contribution in [3.8, 4) is 0 Å². The van der Waals surface area contributed by atoms with Gasteiger partial charge in [0.2, 0.25) is 0 Å². The van der Waals surface area contributed by atoms with Gasteiger partial charge in [-0.1, -0.05) is 48.5 Å². The summed E-state index contributed by atoms with van der Waals surface area (Å²) >= 11 is 1.68. The van der Waals surface area contributed by atoms with Crippen LogP contribution in [0.5, 0.6) is 0 Å². The molecule has 1 N–H and O–H groups in total. The molecule has 1 amide bonds. The first kappa shape index (κ1) is 15.5. The van der Waals surface area contributed by atoms with Crippen LogP contribution in [0.4, 0.5) is 0 Å². The third-order valence-electron chi connectivity index (χ3n) is 4.12. The Balaban J connectivity index is 1.65. The lowest BCUT2D eigenvalue weighted by Gasteiger charge is -1.99.